The molecule has 4 nitrogen and oxygen atoms in total. The van der Waals surface area contributed by atoms with Crippen LogP contribution in [0.1, 0.15) is 13.3 Å². The summed E-state index contributed by atoms with van der Waals surface area (Å²) >= 11 is 11.3. The highest BCUT2D eigenvalue weighted by Crippen LogP contribution is 2.32. The molecule has 1 aromatic carbocycles. The number of hydrogen-bond donors (Lipinski definition) is 1. The van der Waals surface area contributed by atoms with E-state index in [0.29, 0.717) is 6.42 Å². The summed E-state index contributed by atoms with van der Waals surface area (Å²) in [5, 5.41) is 8.91. The van der Waals surface area contributed by atoms with Crippen molar-refractivity contribution in [1.29, 1.82) is 0 Å². The topological polar surface area (TPSA) is 57.6 Å². The third-order valence-electron chi connectivity index (χ3n) is 3.44. The third kappa shape index (κ3) is 2.80. The van der Waals surface area contributed by atoms with Crippen molar-refractivity contribution in [2.24, 2.45) is 5.92 Å². The molecule has 0 radical (unpaired) electrons. The lowest BCUT2D eigenvalue weighted by Gasteiger charge is -2.33. The second kappa shape index (κ2) is 5.77. The number of rotatable bonds is 2. The molecule has 1 heterocycles. The minimum atomic E-state index is -3.90. The highest BCUT2D eigenvalue weighted by molar-refractivity contribution is 7.89. The zero-order chi connectivity index (χ0) is 15.1. The maximum absolute atomic E-state index is 13.6. The van der Waals surface area contributed by atoms with Crippen LogP contribution in [0.5, 0.6) is 0 Å². The second-order valence-corrected chi connectivity index (χ2v) is 7.56. The normalized spacial score (nSPS) is 24.9. The Morgan fingerprint density at radius 1 is 1.40 bits per heavy atom. The maximum atomic E-state index is 13.6. The summed E-state index contributed by atoms with van der Waals surface area (Å²) in [5.74, 6) is -1.13. The fraction of sp³-hybridized carbons (Fsp3) is 0.500. The van der Waals surface area contributed by atoms with Gasteiger partial charge in [-0.2, -0.15) is 4.31 Å². The van der Waals surface area contributed by atoms with Gasteiger partial charge >= 0.3 is 0 Å². The molecule has 0 spiro atoms. The van der Waals surface area contributed by atoms with Crippen LogP contribution in [0.2, 0.25) is 10.0 Å². The molecule has 8 heteroatoms. The molecule has 1 saturated heterocycles. The van der Waals surface area contributed by atoms with Crippen LogP contribution in [0.25, 0.3) is 0 Å². The number of aliphatic hydroxyl groups is 1. The molecule has 0 aliphatic carbocycles. The molecule has 2 rings (SSSR count). The van der Waals surface area contributed by atoms with Gasteiger partial charge in [0.05, 0.1) is 16.1 Å². The van der Waals surface area contributed by atoms with Gasteiger partial charge in [0.1, 0.15) is 4.90 Å². The van der Waals surface area contributed by atoms with Crippen molar-refractivity contribution in [2.75, 3.05) is 13.1 Å². The van der Waals surface area contributed by atoms with E-state index in [-0.39, 0.29) is 28.9 Å². The number of aliphatic hydroxyl groups excluding tert-OH is 1. The van der Waals surface area contributed by atoms with E-state index in [4.69, 9.17) is 23.2 Å². The van der Waals surface area contributed by atoms with Crippen molar-refractivity contribution in [2.45, 2.75) is 24.3 Å². The molecule has 0 bridgehead atoms. The number of benzene rings is 1. The Bertz CT molecular complexity index is 623. The van der Waals surface area contributed by atoms with Crippen molar-refractivity contribution >= 4 is 33.2 Å². The van der Waals surface area contributed by atoms with Gasteiger partial charge in [0, 0.05) is 13.1 Å². The first-order valence-corrected chi connectivity index (χ1v) is 8.26. The van der Waals surface area contributed by atoms with Gasteiger partial charge in [-0.05, 0) is 24.5 Å². The molecule has 2 atom stereocenters. The fourth-order valence-corrected chi connectivity index (χ4v) is 4.43. The van der Waals surface area contributed by atoms with E-state index in [1.807, 2.05) is 0 Å². The molecule has 0 saturated carbocycles. The molecule has 20 heavy (non-hydrogen) atoms. The van der Waals surface area contributed by atoms with Crippen LogP contribution >= 0.6 is 23.2 Å². The Hall–Kier alpha value is -0.400. The van der Waals surface area contributed by atoms with Gasteiger partial charge in [-0.25, -0.2) is 12.8 Å². The molecule has 1 aromatic rings. The van der Waals surface area contributed by atoms with Crippen molar-refractivity contribution in [1.82, 2.24) is 4.31 Å². The van der Waals surface area contributed by atoms with E-state index >= 15 is 0 Å². The van der Waals surface area contributed by atoms with Crippen LogP contribution in [-0.4, -0.2) is 37.0 Å². The van der Waals surface area contributed by atoms with Crippen LogP contribution in [0.3, 0.4) is 0 Å². The SMILES string of the molecule is CC1CN(S(=O)(=O)c2ccc(Cl)c(F)c2Cl)CCC1O. The summed E-state index contributed by atoms with van der Waals surface area (Å²) < 4.78 is 39.8. The van der Waals surface area contributed by atoms with E-state index in [1.54, 1.807) is 6.92 Å². The summed E-state index contributed by atoms with van der Waals surface area (Å²) in [6.07, 6.45) is -0.187. The maximum Gasteiger partial charge on any atom is 0.244 e. The Kier molecular flexibility index (Phi) is 4.61. The molecular formula is C12H14Cl2FNO3S. The molecule has 1 fully saturated rings. The summed E-state index contributed by atoms with van der Waals surface area (Å²) in [4.78, 5) is -0.301. The van der Waals surface area contributed by atoms with Gasteiger partial charge < -0.3 is 5.11 Å². The first-order chi connectivity index (χ1) is 9.25. The first kappa shape index (κ1) is 16.0. The van der Waals surface area contributed by atoms with Gasteiger partial charge in [0.25, 0.3) is 0 Å². The molecule has 2 unspecified atom stereocenters. The Morgan fingerprint density at radius 3 is 2.65 bits per heavy atom. The van der Waals surface area contributed by atoms with Crippen LogP contribution < -0.4 is 0 Å². The van der Waals surface area contributed by atoms with Gasteiger partial charge in [-0.15, -0.1) is 0 Å². The van der Waals surface area contributed by atoms with Gasteiger partial charge in [0.2, 0.25) is 10.0 Å². The molecular weight excluding hydrogens is 328 g/mol. The minimum Gasteiger partial charge on any atom is -0.393 e. The smallest absolute Gasteiger partial charge is 0.244 e. The third-order valence-corrected chi connectivity index (χ3v) is 6.12. The van der Waals surface area contributed by atoms with E-state index in [2.05, 4.69) is 0 Å². The van der Waals surface area contributed by atoms with Crippen molar-refractivity contribution < 1.29 is 17.9 Å². The number of hydrogen-bond acceptors (Lipinski definition) is 3. The highest BCUT2D eigenvalue weighted by Gasteiger charge is 2.34. The summed E-state index contributed by atoms with van der Waals surface area (Å²) in [7, 11) is -3.90. The fourth-order valence-electron chi connectivity index (χ4n) is 2.16. The molecule has 112 valence electrons. The Morgan fingerprint density at radius 2 is 2.05 bits per heavy atom. The zero-order valence-corrected chi connectivity index (χ0v) is 13.0. The minimum absolute atomic E-state index is 0.171. The Labute approximate surface area is 127 Å². The van der Waals surface area contributed by atoms with E-state index in [0.717, 1.165) is 6.07 Å². The average molecular weight is 342 g/mol. The lowest BCUT2D eigenvalue weighted by atomic mass is 9.99. The zero-order valence-electron chi connectivity index (χ0n) is 10.7. The van der Waals surface area contributed by atoms with Crippen LogP contribution in [0, 0.1) is 11.7 Å². The first-order valence-electron chi connectivity index (χ1n) is 6.07. The molecule has 0 aromatic heterocycles. The summed E-state index contributed by atoms with van der Waals surface area (Å²) in [5.41, 5.74) is 0. The van der Waals surface area contributed by atoms with Gasteiger partial charge in [0.15, 0.2) is 5.82 Å². The lowest BCUT2D eigenvalue weighted by Crippen LogP contribution is -2.44. The standard InChI is InChI=1S/C12H14Cl2FNO3S/c1-7-6-16(5-4-9(7)17)20(18,19)10-3-2-8(13)12(15)11(10)14/h2-3,7,9,17H,4-6H2,1H3. The van der Waals surface area contributed by atoms with E-state index < -0.39 is 27.0 Å². The van der Waals surface area contributed by atoms with Crippen molar-refractivity contribution in [3.05, 3.63) is 28.0 Å². The number of nitrogens with zero attached hydrogens (tertiary/aromatic N) is 1. The molecule has 0 amide bonds. The predicted octanol–water partition coefficient (Wildman–Crippen LogP) is 2.52. The highest BCUT2D eigenvalue weighted by atomic mass is 35.5. The van der Waals surface area contributed by atoms with Gasteiger partial charge in [-0.1, -0.05) is 30.1 Å². The lowest BCUT2D eigenvalue weighted by molar-refractivity contribution is 0.0628. The number of sulfonamides is 1. The molecule has 1 aliphatic heterocycles. The monoisotopic (exact) mass is 341 g/mol. The predicted molar refractivity (Wildman–Crippen MR) is 75.0 cm³/mol. The van der Waals surface area contributed by atoms with Crippen molar-refractivity contribution in [3.8, 4) is 0 Å². The van der Waals surface area contributed by atoms with Crippen LogP contribution in [-0.2, 0) is 10.0 Å². The summed E-state index contributed by atoms with van der Waals surface area (Å²) in [6, 6.07) is 2.36. The van der Waals surface area contributed by atoms with Gasteiger partial charge in [-0.3, -0.25) is 0 Å². The van der Waals surface area contributed by atoms with E-state index in [1.165, 1.54) is 10.4 Å². The largest absolute Gasteiger partial charge is 0.393 e. The Balaban J connectivity index is 2.39. The van der Waals surface area contributed by atoms with E-state index in [9.17, 15) is 17.9 Å². The van der Waals surface area contributed by atoms with Crippen LogP contribution in [0.4, 0.5) is 4.39 Å². The van der Waals surface area contributed by atoms with Crippen LogP contribution in [0.15, 0.2) is 17.0 Å². The average Bonchev–Trinajstić information content (AvgIpc) is 2.38. The summed E-state index contributed by atoms with van der Waals surface area (Å²) in [6.45, 7) is 2.11. The number of piperidine rings is 1. The second-order valence-electron chi connectivity index (χ2n) is 4.87. The van der Waals surface area contributed by atoms with Crippen molar-refractivity contribution in [3.63, 3.8) is 0 Å². The molecule has 1 N–H and O–H groups in total. The molecule has 1 aliphatic rings. The number of halogens is 3. The quantitative estimate of drug-likeness (QED) is 0.841.